The van der Waals surface area contributed by atoms with Crippen molar-refractivity contribution < 1.29 is 0 Å². The molecule has 1 N–H and O–H groups in total. The van der Waals surface area contributed by atoms with Crippen molar-refractivity contribution in [2.24, 2.45) is 0 Å². The molecule has 118 valence electrons. The van der Waals surface area contributed by atoms with E-state index in [1.165, 1.54) is 6.42 Å². The van der Waals surface area contributed by atoms with E-state index in [4.69, 9.17) is 11.6 Å². The SMILES string of the molecule is Clc1ccc(-c2cnc(C3CCCN3Cc3nncs3)[nH]2)cc1. The van der Waals surface area contributed by atoms with Crippen molar-refractivity contribution in [3.8, 4) is 11.3 Å². The highest BCUT2D eigenvalue weighted by Gasteiger charge is 2.29. The molecule has 1 fully saturated rings. The van der Waals surface area contributed by atoms with Crippen molar-refractivity contribution in [1.29, 1.82) is 0 Å². The van der Waals surface area contributed by atoms with Gasteiger partial charge in [0.25, 0.3) is 0 Å². The third-order valence-electron chi connectivity index (χ3n) is 4.17. The van der Waals surface area contributed by atoms with Crippen LogP contribution in [0.5, 0.6) is 0 Å². The minimum absolute atomic E-state index is 0.319. The second kappa shape index (κ2) is 6.39. The molecule has 0 aliphatic carbocycles. The quantitative estimate of drug-likeness (QED) is 0.778. The Labute approximate surface area is 143 Å². The molecule has 7 heteroatoms. The molecule has 1 saturated heterocycles. The topological polar surface area (TPSA) is 57.7 Å². The lowest BCUT2D eigenvalue weighted by Crippen LogP contribution is -2.23. The number of imidazole rings is 1. The van der Waals surface area contributed by atoms with Gasteiger partial charge < -0.3 is 4.98 Å². The molecule has 2 aromatic heterocycles. The Hall–Kier alpha value is -1.76. The number of rotatable bonds is 4. The first-order valence-electron chi connectivity index (χ1n) is 7.59. The number of hydrogen-bond donors (Lipinski definition) is 1. The van der Waals surface area contributed by atoms with Crippen LogP contribution in [0, 0.1) is 0 Å². The molecule has 1 aromatic carbocycles. The molecule has 1 unspecified atom stereocenters. The van der Waals surface area contributed by atoms with E-state index in [9.17, 15) is 0 Å². The van der Waals surface area contributed by atoms with E-state index in [1.54, 1.807) is 16.8 Å². The first kappa shape index (κ1) is 14.8. The Kier molecular flexibility index (Phi) is 4.11. The third kappa shape index (κ3) is 3.15. The van der Waals surface area contributed by atoms with Gasteiger partial charge in [0.15, 0.2) is 0 Å². The zero-order valence-corrected chi connectivity index (χ0v) is 14.0. The molecule has 0 saturated carbocycles. The summed E-state index contributed by atoms with van der Waals surface area (Å²) in [6.45, 7) is 1.91. The fourth-order valence-corrected chi connectivity index (χ4v) is 3.72. The Balaban J connectivity index is 1.54. The lowest BCUT2D eigenvalue weighted by molar-refractivity contribution is 0.240. The molecule has 1 aliphatic rings. The fraction of sp³-hybridized carbons (Fsp3) is 0.312. The van der Waals surface area contributed by atoms with Gasteiger partial charge >= 0.3 is 0 Å². The maximum Gasteiger partial charge on any atom is 0.131 e. The van der Waals surface area contributed by atoms with Gasteiger partial charge in [-0.15, -0.1) is 21.5 Å². The third-order valence-corrected chi connectivity index (χ3v) is 5.11. The van der Waals surface area contributed by atoms with Crippen LogP contribution >= 0.6 is 22.9 Å². The molecule has 3 aromatic rings. The molecular weight excluding hydrogens is 330 g/mol. The summed E-state index contributed by atoms with van der Waals surface area (Å²) in [5, 5.41) is 9.87. The predicted octanol–water partition coefficient (Wildman–Crippen LogP) is 3.92. The number of hydrogen-bond acceptors (Lipinski definition) is 5. The summed E-state index contributed by atoms with van der Waals surface area (Å²) in [6, 6.07) is 8.13. The van der Waals surface area contributed by atoms with E-state index < -0.39 is 0 Å². The largest absolute Gasteiger partial charge is 0.341 e. The van der Waals surface area contributed by atoms with Crippen molar-refractivity contribution in [2.45, 2.75) is 25.4 Å². The number of nitrogens with zero attached hydrogens (tertiary/aromatic N) is 4. The summed E-state index contributed by atoms with van der Waals surface area (Å²) in [5.41, 5.74) is 3.91. The summed E-state index contributed by atoms with van der Waals surface area (Å²) in [4.78, 5) is 10.5. The Morgan fingerprint density at radius 2 is 2.17 bits per heavy atom. The van der Waals surface area contributed by atoms with Crippen molar-refractivity contribution in [1.82, 2.24) is 25.1 Å². The minimum Gasteiger partial charge on any atom is -0.341 e. The number of benzene rings is 1. The summed E-state index contributed by atoms with van der Waals surface area (Å²) < 4.78 is 0. The van der Waals surface area contributed by atoms with E-state index in [0.717, 1.165) is 46.6 Å². The molecule has 0 radical (unpaired) electrons. The van der Waals surface area contributed by atoms with E-state index in [1.807, 2.05) is 30.5 Å². The van der Waals surface area contributed by atoms with Gasteiger partial charge in [-0.3, -0.25) is 4.90 Å². The van der Waals surface area contributed by atoms with Crippen LogP contribution in [0.2, 0.25) is 5.02 Å². The Bertz CT molecular complexity index is 768. The van der Waals surface area contributed by atoms with Gasteiger partial charge in [0.1, 0.15) is 16.3 Å². The first-order chi connectivity index (χ1) is 11.3. The van der Waals surface area contributed by atoms with E-state index in [-0.39, 0.29) is 0 Å². The fourth-order valence-electron chi connectivity index (χ4n) is 3.05. The predicted molar refractivity (Wildman–Crippen MR) is 91.3 cm³/mol. The zero-order chi connectivity index (χ0) is 15.6. The highest BCUT2D eigenvalue weighted by molar-refractivity contribution is 7.09. The highest BCUT2D eigenvalue weighted by Crippen LogP contribution is 2.32. The second-order valence-electron chi connectivity index (χ2n) is 5.65. The van der Waals surface area contributed by atoms with Gasteiger partial charge in [-0.1, -0.05) is 23.7 Å². The summed E-state index contributed by atoms with van der Waals surface area (Å²) >= 11 is 7.56. The summed E-state index contributed by atoms with van der Waals surface area (Å²) in [6.07, 6.45) is 4.20. The molecular formula is C16H16ClN5S. The average Bonchev–Trinajstić information content (AvgIpc) is 3.29. The molecule has 4 rings (SSSR count). The number of aromatic nitrogens is 4. The lowest BCUT2D eigenvalue weighted by Gasteiger charge is -2.21. The van der Waals surface area contributed by atoms with Gasteiger partial charge in [0.05, 0.1) is 24.5 Å². The highest BCUT2D eigenvalue weighted by atomic mass is 35.5. The van der Waals surface area contributed by atoms with Crippen molar-refractivity contribution in [3.05, 3.63) is 51.8 Å². The molecule has 5 nitrogen and oxygen atoms in total. The van der Waals surface area contributed by atoms with Gasteiger partial charge in [-0.25, -0.2) is 4.98 Å². The first-order valence-corrected chi connectivity index (χ1v) is 8.85. The van der Waals surface area contributed by atoms with Crippen LogP contribution in [0.15, 0.2) is 36.0 Å². The molecule has 0 amide bonds. The second-order valence-corrected chi connectivity index (χ2v) is 7.00. The van der Waals surface area contributed by atoms with Crippen LogP contribution < -0.4 is 0 Å². The molecule has 0 bridgehead atoms. The number of likely N-dealkylation sites (tertiary alicyclic amines) is 1. The molecule has 3 heterocycles. The van der Waals surface area contributed by atoms with Crippen molar-refractivity contribution in [3.63, 3.8) is 0 Å². The molecule has 1 atom stereocenters. The Morgan fingerprint density at radius 1 is 1.30 bits per heavy atom. The van der Waals surface area contributed by atoms with Crippen molar-refractivity contribution in [2.75, 3.05) is 6.54 Å². The monoisotopic (exact) mass is 345 g/mol. The van der Waals surface area contributed by atoms with E-state index in [2.05, 4.69) is 25.1 Å². The maximum absolute atomic E-state index is 5.95. The molecule has 0 spiro atoms. The normalized spacial score (nSPS) is 18.6. The van der Waals surface area contributed by atoms with Crippen LogP contribution in [0.25, 0.3) is 11.3 Å². The minimum atomic E-state index is 0.319. The van der Waals surface area contributed by atoms with E-state index >= 15 is 0 Å². The van der Waals surface area contributed by atoms with Gasteiger partial charge in [-0.05, 0) is 37.1 Å². The lowest BCUT2D eigenvalue weighted by atomic mass is 10.2. The summed E-state index contributed by atoms with van der Waals surface area (Å²) in [5.74, 6) is 1.02. The molecule has 1 aliphatic heterocycles. The smallest absolute Gasteiger partial charge is 0.131 e. The van der Waals surface area contributed by atoms with Crippen LogP contribution in [0.1, 0.15) is 29.7 Å². The van der Waals surface area contributed by atoms with E-state index in [0.29, 0.717) is 6.04 Å². The number of nitrogens with one attached hydrogen (secondary N) is 1. The van der Waals surface area contributed by atoms with Gasteiger partial charge in [0.2, 0.25) is 0 Å². The average molecular weight is 346 g/mol. The maximum atomic E-state index is 5.95. The standard InChI is InChI=1S/C16H16ClN5S/c17-12-5-3-11(4-6-12)13-8-18-16(20-13)14-2-1-7-22(14)9-15-21-19-10-23-15/h3-6,8,10,14H,1-2,7,9H2,(H,18,20). The zero-order valence-electron chi connectivity index (χ0n) is 12.4. The molecule has 23 heavy (non-hydrogen) atoms. The van der Waals surface area contributed by atoms with Crippen LogP contribution in [0.4, 0.5) is 0 Å². The van der Waals surface area contributed by atoms with Gasteiger partial charge in [-0.2, -0.15) is 0 Å². The van der Waals surface area contributed by atoms with Crippen molar-refractivity contribution >= 4 is 22.9 Å². The van der Waals surface area contributed by atoms with Gasteiger partial charge in [0, 0.05) is 5.02 Å². The van der Waals surface area contributed by atoms with Crippen LogP contribution in [-0.2, 0) is 6.54 Å². The number of halogens is 1. The summed E-state index contributed by atoms with van der Waals surface area (Å²) in [7, 11) is 0. The van der Waals surface area contributed by atoms with Crippen LogP contribution in [-0.4, -0.2) is 31.6 Å². The van der Waals surface area contributed by atoms with Crippen LogP contribution in [0.3, 0.4) is 0 Å². The Morgan fingerprint density at radius 3 is 2.96 bits per heavy atom. The number of aromatic amines is 1. The number of H-pyrrole nitrogens is 1.